The Morgan fingerprint density at radius 1 is 1.17 bits per heavy atom. The molecule has 0 saturated carbocycles. The maximum atomic E-state index is 6.14. The Balaban J connectivity index is 1.52. The fourth-order valence-electron chi connectivity index (χ4n) is 4.02. The summed E-state index contributed by atoms with van der Waals surface area (Å²) in [4.78, 5) is 11.9. The average Bonchev–Trinajstić information content (AvgIpc) is 3.39. The summed E-state index contributed by atoms with van der Waals surface area (Å²) in [5, 5.41) is 1.12. The highest BCUT2D eigenvalue weighted by Crippen LogP contribution is 2.30. The lowest BCUT2D eigenvalue weighted by Gasteiger charge is -2.20. The normalized spacial score (nSPS) is 16.6. The maximum absolute atomic E-state index is 6.14. The molecular weight excluding hydrogens is 378 g/mol. The zero-order chi connectivity index (χ0) is 20.5. The number of pyridine rings is 2. The van der Waals surface area contributed by atoms with Crippen molar-refractivity contribution >= 4 is 22.2 Å². The lowest BCUT2D eigenvalue weighted by atomic mass is 10.1. The number of nitrogens with two attached hydrogens (primary N) is 1. The van der Waals surface area contributed by atoms with E-state index < -0.39 is 0 Å². The van der Waals surface area contributed by atoms with Crippen LogP contribution >= 0.6 is 0 Å². The van der Waals surface area contributed by atoms with Crippen LogP contribution in [-0.4, -0.2) is 53.8 Å². The fraction of sp³-hybridized carbons (Fsp3) is 0.304. The van der Waals surface area contributed by atoms with E-state index in [9.17, 15) is 0 Å². The Hall–Kier alpha value is -3.16. The van der Waals surface area contributed by atoms with E-state index in [1.165, 1.54) is 0 Å². The summed E-state index contributed by atoms with van der Waals surface area (Å²) in [7, 11) is 1.66. The summed E-state index contributed by atoms with van der Waals surface area (Å²) in [6.07, 6.45) is 4.84. The van der Waals surface area contributed by atoms with E-state index in [0.29, 0.717) is 13.2 Å². The molecule has 1 atom stereocenters. The lowest BCUT2D eigenvalue weighted by Crippen LogP contribution is -2.26. The predicted molar refractivity (Wildman–Crippen MR) is 118 cm³/mol. The van der Waals surface area contributed by atoms with Crippen molar-refractivity contribution in [1.82, 2.24) is 14.4 Å². The molecule has 5 rings (SSSR count). The van der Waals surface area contributed by atoms with Crippen LogP contribution in [0.15, 0.2) is 54.9 Å². The number of nitrogens with zero attached hydrogens (tertiary/aromatic N) is 4. The van der Waals surface area contributed by atoms with Crippen molar-refractivity contribution in [2.75, 3.05) is 38.3 Å². The Morgan fingerprint density at radius 2 is 2.10 bits per heavy atom. The molecule has 2 N–H and O–H groups in total. The summed E-state index contributed by atoms with van der Waals surface area (Å²) < 4.78 is 12.8. The number of hydrogen-bond donors (Lipinski definition) is 1. The van der Waals surface area contributed by atoms with E-state index in [2.05, 4.69) is 34.1 Å². The lowest BCUT2D eigenvalue weighted by molar-refractivity contribution is 0.146. The quantitative estimate of drug-likeness (QED) is 0.499. The van der Waals surface area contributed by atoms with Gasteiger partial charge in [0.05, 0.1) is 35.4 Å². The number of fused-ring (bicyclic) bond motifs is 2. The van der Waals surface area contributed by atoms with Crippen LogP contribution in [0.25, 0.3) is 27.9 Å². The van der Waals surface area contributed by atoms with Gasteiger partial charge >= 0.3 is 0 Å². The summed E-state index contributed by atoms with van der Waals surface area (Å²) in [5.41, 5.74) is 10.9. The first-order valence-electron chi connectivity index (χ1n) is 10.2. The highest BCUT2D eigenvalue weighted by Gasteiger charge is 2.21. The molecule has 154 valence electrons. The summed E-state index contributed by atoms with van der Waals surface area (Å²) >= 11 is 0. The van der Waals surface area contributed by atoms with Gasteiger partial charge in [-0.1, -0.05) is 18.2 Å². The van der Waals surface area contributed by atoms with Crippen molar-refractivity contribution in [2.24, 2.45) is 5.73 Å². The molecule has 0 bridgehead atoms. The number of anilines is 1. The molecule has 0 amide bonds. The van der Waals surface area contributed by atoms with Crippen LogP contribution in [0, 0.1) is 0 Å². The summed E-state index contributed by atoms with van der Waals surface area (Å²) in [6.45, 7) is 2.89. The van der Waals surface area contributed by atoms with Crippen LogP contribution in [0.1, 0.15) is 6.42 Å². The minimum absolute atomic E-state index is 0.225. The fourth-order valence-corrected chi connectivity index (χ4v) is 4.02. The molecule has 1 aliphatic heterocycles. The number of benzene rings is 1. The molecule has 1 fully saturated rings. The van der Waals surface area contributed by atoms with Gasteiger partial charge in [0, 0.05) is 43.9 Å². The number of methoxy groups -OCH3 is 1. The van der Waals surface area contributed by atoms with Crippen molar-refractivity contribution in [1.29, 1.82) is 0 Å². The molecule has 1 unspecified atom stereocenters. The Labute approximate surface area is 175 Å². The first-order valence-corrected chi connectivity index (χ1v) is 10.2. The minimum Gasteiger partial charge on any atom is -0.491 e. The predicted octanol–water partition coefficient (Wildman–Crippen LogP) is 3.11. The molecule has 30 heavy (non-hydrogen) atoms. The molecule has 0 spiro atoms. The molecule has 4 aromatic rings. The average molecular weight is 403 g/mol. The van der Waals surface area contributed by atoms with Crippen LogP contribution < -0.4 is 15.4 Å². The topological polar surface area (TPSA) is 77.9 Å². The van der Waals surface area contributed by atoms with E-state index in [1.807, 2.05) is 35.0 Å². The number of para-hydroxylation sites is 1. The van der Waals surface area contributed by atoms with Crippen molar-refractivity contribution in [3.05, 3.63) is 54.9 Å². The molecule has 7 nitrogen and oxygen atoms in total. The molecule has 7 heteroatoms. The zero-order valence-electron chi connectivity index (χ0n) is 17.0. The minimum atomic E-state index is 0.225. The van der Waals surface area contributed by atoms with E-state index in [-0.39, 0.29) is 6.04 Å². The highest BCUT2D eigenvalue weighted by atomic mass is 16.5. The third-order valence-corrected chi connectivity index (χ3v) is 5.57. The van der Waals surface area contributed by atoms with E-state index >= 15 is 0 Å². The van der Waals surface area contributed by atoms with E-state index in [0.717, 1.165) is 58.9 Å². The second-order valence-corrected chi connectivity index (χ2v) is 7.62. The first kappa shape index (κ1) is 18.8. The molecule has 0 radical (unpaired) electrons. The maximum Gasteiger partial charge on any atom is 0.140 e. The summed E-state index contributed by atoms with van der Waals surface area (Å²) in [5.74, 6) is 0.774. The smallest absolute Gasteiger partial charge is 0.140 e. The molecule has 3 aromatic heterocycles. The van der Waals surface area contributed by atoms with Crippen molar-refractivity contribution in [2.45, 2.75) is 12.5 Å². The van der Waals surface area contributed by atoms with Gasteiger partial charge < -0.3 is 20.1 Å². The molecule has 1 aliphatic rings. The van der Waals surface area contributed by atoms with Gasteiger partial charge in [0.25, 0.3) is 0 Å². The molecule has 1 aromatic carbocycles. The SMILES string of the molecule is COCCOc1ccn2c(-c3ccc4cccc(N5CCC(N)C5)c4n3)cnc2c1. The van der Waals surface area contributed by atoms with Crippen molar-refractivity contribution in [3.8, 4) is 17.1 Å². The largest absolute Gasteiger partial charge is 0.491 e. The van der Waals surface area contributed by atoms with E-state index in [1.54, 1.807) is 7.11 Å². The van der Waals surface area contributed by atoms with Crippen LogP contribution in [0.4, 0.5) is 5.69 Å². The zero-order valence-corrected chi connectivity index (χ0v) is 17.0. The van der Waals surface area contributed by atoms with Crippen LogP contribution in [0.2, 0.25) is 0 Å². The van der Waals surface area contributed by atoms with Gasteiger partial charge in [-0.25, -0.2) is 9.97 Å². The molecule has 0 aliphatic carbocycles. The van der Waals surface area contributed by atoms with Crippen LogP contribution in [-0.2, 0) is 4.74 Å². The number of imidazole rings is 1. The van der Waals surface area contributed by atoms with Gasteiger partial charge in [0.2, 0.25) is 0 Å². The van der Waals surface area contributed by atoms with E-state index in [4.69, 9.17) is 20.2 Å². The molecule has 1 saturated heterocycles. The monoisotopic (exact) mass is 403 g/mol. The van der Waals surface area contributed by atoms with Gasteiger partial charge in [0.15, 0.2) is 0 Å². The number of rotatable bonds is 6. The van der Waals surface area contributed by atoms with Gasteiger partial charge in [-0.2, -0.15) is 0 Å². The second kappa shape index (κ2) is 7.93. The highest BCUT2D eigenvalue weighted by molar-refractivity contribution is 5.92. The van der Waals surface area contributed by atoms with Crippen molar-refractivity contribution < 1.29 is 9.47 Å². The Morgan fingerprint density at radius 3 is 2.93 bits per heavy atom. The van der Waals surface area contributed by atoms with Gasteiger partial charge in [-0.3, -0.25) is 4.40 Å². The van der Waals surface area contributed by atoms with Gasteiger partial charge in [-0.05, 0) is 24.6 Å². The van der Waals surface area contributed by atoms with Gasteiger partial charge in [0.1, 0.15) is 18.0 Å². The number of aromatic nitrogens is 3. The van der Waals surface area contributed by atoms with Crippen LogP contribution in [0.3, 0.4) is 0 Å². The third kappa shape index (κ3) is 3.46. The number of hydrogen-bond acceptors (Lipinski definition) is 6. The Kier molecular flexibility index (Phi) is 4.98. The van der Waals surface area contributed by atoms with Crippen molar-refractivity contribution in [3.63, 3.8) is 0 Å². The standard InChI is InChI=1S/C23H25N5O2/c1-29-11-12-30-18-8-10-28-21(14-25-22(28)13-18)19-6-5-16-3-2-4-20(23(16)26-19)27-9-7-17(24)15-27/h2-6,8,10,13-14,17H,7,9,11-12,15,24H2,1H3. The third-order valence-electron chi connectivity index (χ3n) is 5.57. The molecular formula is C23H25N5O2. The first-order chi connectivity index (χ1) is 14.7. The summed E-state index contributed by atoms with van der Waals surface area (Å²) in [6, 6.07) is 14.6. The van der Waals surface area contributed by atoms with Crippen LogP contribution in [0.5, 0.6) is 5.75 Å². The molecule has 4 heterocycles. The van der Waals surface area contributed by atoms with Gasteiger partial charge in [-0.15, -0.1) is 0 Å². The second-order valence-electron chi connectivity index (χ2n) is 7.62. The Bertz CT molecular complexity index is 1190. The number of ether oxygens (including phenoxy) is 2.